The minimum atomic E-state index is -4.20. The summed E-state index contributed by atoms with van der Waals surface area (Å²) in [7, 11) is -3.01. The van der Waals surface area contributed by atoms with Crippen molar-refractivity contribution in [3.05, 3.63) is 53.8 Å². The topological polar surface area (TPSA) is 92.8 Å². The zero-order valence-electron chi connectivity index (χ0n) is 12.3. The molecule has 124 valence electrons. The van der Waals surface area contributed by atoms with Crippen LogP contribution in [0.25, 0.3) is 0 Å². The molecule has 2 amide bonds. The fraction of sp³-hybridized carbons (Fsp3) is 0.0667. The van der Waals surface area contributed by atoms with Crippen molar-refractivity contribution in [2.75, 3.05) is 16.7 Å². The number of hydrogen-bond donors (Lipinski definition) is 1. The van der Waals surface area contributed by atoms with E-state index in [1.54, 1.807) is 0 Å². The zero-order valence-corrected chi connectivity index (χ0v) is 13.1. The Balaban J connectivity index is 2.11. The predicted octanol–water partition coefficient (Wildman–Crippen LogP) is 2.35. The van der Waals surface area contributed by atoms with Gasteiger partial charge in [0.25, 0.3) is 10.0 Å². The molecular formula is C15H11FN2O5S. The SMILES string of the molecule is COC(=O)c1ccc2c(c1)NC(=O)N(c1ccc(F)cc1)S2(=O)=O. The number of nitrogens with one attached hydrogen (secondary N) is 1. The molecule has 1 aliphatic heterocycles. The van der Waals surface area contributed by atoms with Crippen molar-refractivity contribution in [2.24, 2.45) is 0 Å². The molecule has 0 fully saturated rings. The van der Waals surface area contributed by atoms with E-state index >= 15 is 0 Å². The van der Waals surface area contributed by atoms with Crippen LogP contribution in [0.1, 0.15) is 10.4 Å². The van der Waals surface area contributed by atoms with Gasteiger partial charge in [-0.15, -0.1) is 0 Å². The molecule has 2 aromatic carbocycles. The predicted molar refractivity (Wildman–Crippen MR) is 82.9 cm³/mol. The summed E-state index contributed by atoms with van der Waals surface area (Å²) in [4.78, 5) is 23.6. The molecule has 0 atom stereocenters. The zero-order chi connectivity index (χ0) is 17.5. The number of sulfonamides is 1. The molecule has 0 saturated carbocycles. The number of esters is 1. The number of carbonyl (C=O) groups is 2. The summed E-state index contributed by atoms with van der Waals surface area (Å²) in [6.45, 7) is 0. The maximum atomic E-state index is 13.0. The molecule has 0 aromatic heterocycles. The van der Waals surface area contributed by atoms with Crippen molar-refractivity contribution >= 4 is 33.4 Å². The second-order valence-corrected chi connectivity index (χ2v) is 6.63. The number of ether oxygens (including phenoxy) is 1. The first kappa shape index (κ1) is 15.9. The molecule has 7 nitrogen and oxygen atoms in total. The van der Waals surface area contributed by atoms with Crippen LogP contribution in [-0.2, 0) is 14.8 Å². The first-order valence-electron chi connectivity index (χ1n) is 6.69. The summed E-state index contributed by atoms with van der Waals surface area (Å²) >= 11 is 0. The molecule has 0 radical (unpaired) electrons. The van der Waals surface area contributed by atoms with Crippen molar-refractivity contribution in [1.82, 2.24) is 0 Å². The Hall–Kier alpha value is -2.94. The van der Waals surface area contributed by atoms with Crippen LogP contribution in [-0.4, -0.2) is 27.5 Å². The minimum Gasteiger partial charge on any atom is -0.465 e. The van der Waals surface area contributed by atoms with Crippen molar-refractivity contribution in [1.29, 1.82) is 0 Å². The smallest absolute Gasteiger partial charge is 0.340 e. The molecular weight excluding hydrogens is 339 g/mol. The number of nitrogens with zero attached hydrogens (tertiary/aromatic N) is 1. The first-order chi connectivity index (χ1) is 11.3. The number of rotatable bonds is 2. The van der Waals surface area contributed by atoms with E-state index in [-0.39, 0.29) is 21.8 Å². The van der Waals surface area contributed by atoms with E-state index in [0.717, 1.165) is 12.1 Å². The summed E-state index contributed by atoms with van der Waals surface area (Å²) in [6.07, 6.45) is 0. The minimum absolute atomic E-state index is 0.00315. The highest BCUT2D eigenvalue weighted by molar-refractivity contribution is 7.94. The highest BCUT2D eigenvalue weighted by Crippen LogP contribution is 2.34. The van der Waals surface area contributed by atoms with E-state index < -0.39 is 27.8 Å². The van der Waals surface area contributed by atoms with Gasteiger partial charge in [0, 0.05) is 0 Å². The third-order valence-electron chi connectivity index (χ3n) is 3.41. The van der Waals surface area contributed by atoms with Crippen molar-refractivity contribution in [3.8, 4) is 0 Å². The molecule has 9 heteroatoms. The third-order valence-corrected chi connectivity index (χ3v) is 5.18. The van der Waals surface area contributed by atoms with Gasteiger partial charge in [-0.25, -0.2) is 22.4 Å². The molecule has 1 N–H and O–H groups in total. The van der Waals surface area contributed by atoms with Crippen LogP contribution in [0, 0.1) is 5.82 Å². The highest BCUT2D eigenvalue weighted by Gasteiger charge is 2.38. The van der Waals surface area contributed by atoms with Gasteiger partial charge in [0.1, 0.15) is 10.7 Å². The Morgan fingerprint density at radius 1 is 1.17 bits per heavy atom. The number of fused-ring (bicyclic) bond motifs is 1. The first-order valence-corrected chi connectivity index (χ1v) is 8.13. The Kier molecular flexibility index (Phi) is 3.72. The van der Waals surface area contributed by atoms with Gasteiger partial charge in [-0.2, -0.15) is 4.31 Å². The molecule has 2 aromatic rings. The van der Waals surface area contributed by atoms with Gasteiger partial charge in [-0.05, 0) is 42.5 Å². The number of hydrogen-bond acceptors (Lipinski definition) is 5. The lowest BCUT2D eigenvalue weighted by molar-refractivity contribution is 0.0600. The fourth-order valence-electron chi connectivity index (χ4n) is 2.30. The van der Waals surface area contributed by atoms with Crippen LogP contribution in [0.5, 0.6) is 0 Å². The van der Waals surface area contributed by atoms with Crippen LogP contribution in [0.15, 0.2) is 47.4 Å². The number of benzene rings is 2. The molecule has 0 bridgehead atoms. The van der Waals surface area contributed by atoms with Crippen molar-refractivity contribution < 1.29 is 27.1 Å². The summed E-state index contributed by atoms with van der Waals surface area (Å²) in [6, 6.07) is 7.23. The van der Waals surface area contributed by atoms with Crippen molar-refractivity contribution in [3.63, 3.8) is 0 Å². The van der Waals surface area contributed by atoms with Crippen LogP contribution < -0.4 is 9.62 Å². The number of urea groups is 1. The van der Waals surface area contributed by atoms with E-state index in [2.05, 4.69) is 10.1 Å². The van der Waals surface area contributed by atoms with Crippen molar-refractivity contribution in [2.45, 2.75) is 4.90 Å². The molecule has 0 aliphatic carbocycles. The Bertz CT molecular complexity index is 941. The molecule has 24 heavy (non-hydrogen) atoms. The highest BCUT2D eigenvalue weighted by atomic mass is 32.2. The van der Waals surface area contributed by atoms with E-state index in [9.17, 15) is 22.4 Å². The van der Waals surface area contributed by atoms with Gasteiger partial charge in [0.2, 0.25) is 0 Å². The lowest BCUT2D eigenvalue weighted by Gasteiger charge is -2.28. The quantitative estimate of drug-likeness (QED) is 0.839. The summed E-state index contributed by atoms with van der Waals surface area (Å²) in [5.74, 6) is -1.22. The monoisotopic (exact) mass is 350 g/mol. The number of amides is 2. The molecule has 1 aliphatic rings. The second-order valence-electron chi connectivity index (χ2n) is 4.88. The summed E-state index contributed by atoms with van der Waals surface area (Å²) in [5, 5.41) is 2.40. The van der Waals surface area contributed by atoms with Gasteiger partial charge >= 0.3 is 12.0 Å². The Labute approximate surface area is 136 Å². The van der Waals surface area contributed by atoms with E-state index in [0.29, 0.717) is 4.31 Å². The lowest BCUT2D eigenvalue weighted by atomic mass is 10.2. The Morgan fingerprint density at radius 3 is 2.46 bits per heavy atom. The second kappa shape index (κ2) is 5.60. The van der Waals surface area contributed by atoms with Crippen LogP contribution >= 0.6 is 0 Å². The third kappa shape index (κ3) is 2.48. The van der Waals surface area contributed by atoms with Gasteiger partial charge in [-0.3, -0.25) is 0 Å². The fourth-order valence-corrected chi connectivity index (χ4v) is 3.79. The average Bonchev–Trinajstić information content (AvgIpc) is 2.55. The summed E-state index contributed by atoms with van der Waals surface area (Å²) in [5.41, 5.74) is 0.0693. The molecule has 1 heterocycles. The largest absolute Gasteiger partial charge is 0.465 e. The van der Waals surface area contributed by atoms with E-state index in [1.165, 1.54) is 37.4 Å². The number of anilines is 2. The molecule has 0 spiro atoms. The van der Waals surface area contributed by atoms with Gasteiger partial charge in [0.15, 0.2) is 0 Å². The van der Waals surface area contributed by atoms with E-state index in [1.807, 2.05) is 0 Å². The average molecular weight is 350 g/mol. The van der Waals surface area contributed by atoms with E-state index in [4.69, 9.17) is 0 Å². The van der Waals surface area contributed by atoms with Gasteiger partial charge in [-0.1, -0.05) is 0 Å². The molecule has 0 saturated heterocycles. The Morgan fingerprint density at radius 2 is 1.83 bits per heavy atom. The van der Waals surface area contributed by atoms with Gasteiger partial charge in [0.05, 0.1) is 24.0 Å². The molecule has 0 unspecified atom stereocenters. The maximum absolute atomic E-state index is 13.0. The maximum Gasteiger partial charge on any atom is 0.340 e. The van der Waals surface area contributed by atoms with Gasteiger partial charge < -0.3 is 10.1 Å². The number of halogens is 1. The molecule has 3 rings (SSSR count). The van der Waals surface area contributed by atoms with Crippen LogP contribution in [0.4, 0.5) is 20.6 Å². The van der Waals surface area contributed by atoms with Crippen LogP contribution in [0.3, 0.4) is 0 Å². The normalized spacial score (nSPS) is 15.4. The number of methoxy groups -OCH3 is 1. The number of carbonyl (C=O) groups excluding carboxylic acids is 2. The lowest BCUT2D eigenvalue weighted by Crippen LogP contribution is -2.44. The van der Waals surface area contributed by atoms with Crippen LogP contribution in [0.2, 0.25) is 0 Å². The standard InChI is InChI=1S/C15H11FN2O5S/c1-23-14(19)9-2-7-13-12(8-9)17-15(20)18(24(13,21)22)11-5-3-10(16)4-6-11/h2-8H,1H3,(H,17,20). The summed E-state index contributed by atoms with van der Waals surface area (Å²) < 4.78 is 43.5.